The zero-order chi connectivity index (χ0) is 19.6. The molecule has 0 N–H and O–H groups in total. The number of hydrogen-bond acceptors (Lipinski definition) is 5. The third-order valence-corrected chi connectivity index (χ3v) is 5.87. The number of hydrogen-bond donors (Lipinski definition) is 0. The summed E-state index contributed by atoms with van der Waals surface area (Å²) in [6, 6.07) is 0. The fourth-order valence-electron chi connectivity index (χ4n) is 3.97. The highest BCUT2D eigenvalue weighted by Gasteiger charge is 2.50. The van der Waals surface area contributed by atoms with Crippen molar-refractivity contribution in [3.63, 3.8) is 0 Å². The van der Waals surface area contributed by atoms with Gasteiger partial charge in [-0.3, -0.25) is 0 Å². The largest absolute Gasteiger partial charge is 0.463 e. The van der Waals surface area contributed by atoms with Crippen molar-refractivity contribution in [2.45, 2.75) is 84.0 Å². The van der Waals surface area contributed by atoms with E-state index in [4.69, 9.17) is 14.2 Å². The van der Waals surface area contributed by atoms with Crippen LogP contribution in [0.15, 0.2) is 34.4 Å². The van der Waals surface area contributed by atoms with Gasteiger partial charge in [0.25, 0.3) is 0 Å². The summed E-state index contributed by atoms with van der Waals surface area (Å²) in [5.74, 6) is -0.530. The summed E-state index contributed by atoms with van der Waals surface area (Å²) in [6.07, 6.45) is 8.71. The summed E-state index contributed by atoms with van der Waals surface area (Å²) in [7, 11) is 0. The molecule has 0 saturated carbocycles. The molecule has 3 aliphatic rings. The molecule has 0 aromatic carbocycles. The molecule has 2 heterocycles. The van der Waals surface area contributed by atoms with E-state index in [1.54, 1.807) is 6.92 Å². The molecule has 27 heavy (non-hydrogen) atoms. The summed E-state index contributed by atoms with van der Waals surface area (Å²) in [6.45, 7) is 8.19. The Morgan fingerprint density at radius 3 is 2.81 bits per heavy atom. The van der Waals surface area contributed by atoms with Crippen molar-refractivity contribution in [3.8, 4) is 0 Å². The number of ether oxygens (including phenoxy) is 3. The molecule has 1 aliphatic carbocycles. The normalized spacial score (nSPS) is 31.8. The highest BCUT2D eigenvalue weighted by Crippen LogP contribution is 2.44. The van der Waals surface area contributed by atoms with Crippen LogP contribution in [-0.4, -0.2) is 36.4 Å². The second-order valence-electron chi connectivity index (χ2n) is 7.94. The maximum absolute atomic E-state index is 12.4. The van der Waals surface area contributed by atoms with E-state index in [0.717, 1.165) is 31.3 Å². The molecule has 2 aliphatic heterocycles. The number of carbonyl (C=O) groups is 2. The second-order valence-corrected chi connectivity index (χ2v) is 7.94. The Kier molecular flexibility index (Phi) is 5.89. The molecule has 0 radical (unpaired) electrons. The molecule has 0 unspecified atom stereocenters. The van der Waals surface area contributed by atoms with Gasteiger partial charge in [-0.25, -0.2) is 9.59 Å². The van der Waals surface area contributed by atoms with Crippen LogP contribution in [0, 0.1) is 0 Å². The van der Waals surface area contributed by atoms with Gasteiger partial charge in [0.05, 0.1) is 18.3 Å². The predicted molar refractivity (Wildman–Crippen MR) is 102 cm³/mol. The van der Waals surface area contributed by atoms with E-state index in [1.165, 1.54) is 5.57 Å². The van der Waals surface area contributed by atoms with Gasteiger partial charge in [0, 0.05) is 11.1 Å². The Bertz CT molecular complexity index is 714. The molecular weight excluding hydrogens is 344 g/mol. The van der Waals surface area contributed by atoms with E-state index in [1.807, 2.05) is 19.1 Å². The van der Waals surface area contributed by atoms with Gasteiger partial charge in [-0.15, -0.1) is 0 Å². The van der Waals surface area contributed by atoms with E-state index in [2.05, 4.69) is 13.8 Å². The maximum atomic E-state index is 12.4. The van der Waals surface area contributed by atoms with Crippen LogP contribution in [0.4, 0.5) is 0 Å². The second kappa shape index (κ2) is 8.01. The van der Waals surface area contributed by atoms with Crippen LogP contribution in [0.5, 0.6) is 0 Å². The Hall–Kier alpha value is -1.88. The number of esters is 2. The molecule has 1 fully saturated rings. The standard InChI is InChI=1S/C22H30O5/c1-5-25-21(24)16-7-6-12-22(4)19(27-22)11-8-14(2)13-18-17(10-9-16)15(3)20(23)26-18/h7,13,18-19H,5-6,8-12H2,1-4H3/t18-,19-,22-/m0/s1. The first-order chi connectivity index (χ1) is 12.8. The minimum Gasteiger partial charge on any atom is -0.463 e. The molecule has 0 amide bonds. The van der Waals surface area contributed by atoms with Crippen molar-refractivity contribution < 1.29 is 23.8 Å². The van der Waals surface area contributed by atoms with Crippen LogP contribution in [0.3, 0.4) is 0 Å². The third-order valence-electron chi connectivity index (χ3n) is 5.87. The van der Waals surface area contributed by atoms with Crippen molar-refractivity contribution in [1.29, 1.82) is 0 Å². The van der Waals surface area contributed by atoms with Gasteiger partial charge in [0.1, 0.15) is 6.10 Å². The third kappa shape index (κ3) is 4.52. The monoisotopic (exact) mass is 374 g/mol. The van der Waals surface area contributed by atoms with Gasteiger partial charge in [0.15, 0.2) is 0 Å². The quantitative estimate of drug-likeness (QED) is 0.412. The minimum atomic E-state index is -0.324. The van der Waals surface area contributed by atoms with Crippen LogP contribution >= 0.6 is 0 Å². The van der Waals surface area contributed by atoms with Crippen LogP contribution in [-0.2, 0) is 23.8 Å². The predicted octanol–water partition coefficient (Wildman–Crippen LogP) is 4.18. The van der Waals surface area contributed by atoms with Crippen LogP contribution in [0.2, 0.25) is 0 Å². The van der Waals surface area contributed by atoms with E-state index in [-0.39, 0.29) is 29.7 Å². The average Bonchev–Trinajstić information content (AvgIpc) is 3.19. The molecule has 0 spiro atoms. The number of epoxide rings is 1. The topological polar surface area (TPSA) is 65.1 Å². The van der Waals surface area contributed by atoms with E-state index < -0.39 is 0 Å². The zero-order valence-electron chi connectivity index (χ0n) is 16.8. The Balaban J connectivity index is 1.85. The zero-order valence-corrected chi connectivity index (χ0v) is 16.8. The SMILES string of the molecule is CCOC(=O)C1=CCC[C@]2(C)O[C@H]2CCC(C)=C[C@@H]2OC(=O)C(C)=C2CC1. The molecule has 0 aromatic heterocycles. The molecule has 1 saturated heterocycles. The lowest BCUT2D eigenvalue weighted by atomic mass is 9.92. The lowest BCUT2D eigenvalue weighted by molar-refractivity contribution is -0.139. The molecule has 0 bridgehead atoms. The summed E-state index contributed by atoms with van der Waals surface area (Å²) < 4.78 is 16.7. The first-order valence-corrected chi connectivity index (χ1v) is 9.96. The molecule has 5 nitrogen and oxygen atoms in total. The first kappa shape index (κ1) is 19.9. The van der Waals surface area contributed by atoms with E-state index in [9.17, 15) is 9.59 Å². The fraction of sp³-hybridized carbons (Fsp3) is 0.636. The van der Waals surface area contributed by atoms with Crippen molar-refractivity contribution >= 4 is 11.9 Å². The molecule has 5 heteroatoms. The highest BCUT2D eigenvalue weighted by molar-refractivity contribution is 5.92. The van der Waals surface area contributed by atoms with Gasteiger partial charge in [-0.2, -0.15) is 0 Å². The average molecular weight is 374 g/mol. The Morgan fingerprint density at radius 2 is 2.07 bits per heavy atom. The first-order valence-electron chi connectivity index (χ1n) is 9.96. The van der Waals surface area contributed by atoms with E-state index in [0.29, 0.717) is 30.6 Å². The molecule has 0 aromatic rings. The number of carbonyl (C=O) groups excluding carboxylic acids is 2. The van der Waals surface area contributed by atoms with Gasteiger partial charge in [0.2, 0.25) is 0 Å². The molecular formula is C22H30O5. The smallest absolute Gasteiger partial charge is 0.334 e. The maximum Gasteiger partial charge on any atom is 0.334 e. The number of fused-ring (bicyclic) bond motifs is 2. The van der Waals surface area contributed by atoms with Crippen LogP contribution in [0.1, 0.15) is 66.2 Å². The molecule has 3 rings (SSSR count). The minimum absolute atomic E-state index is 0.0951. The van der Waals surface area contributed by atoms with Crippen molar-refractivity contribution in [2.24, 2.45) is 0 Å². The van der Waals surface area contributed by atoms with E-state index >= 15 is 0 Å². The Labute approximate surface area is 161 Å². The molecule has 148 valence electrons. The summed E-state index contributed by atoms with van der Waals surface area (Å²) in [5.41, 5.74) is 3.42. The summed E-state index contributed by atoms with van der Waals surface area (Å²) in [4.78, 5) is 24.4. The van der Waals surface area contributed by atoms with Gasteiger partial charge < -0.3 is 14.2 Å². The van der Waals surface area contributed by atoms with Crippen LogP contribution < -0.4 is 0 Å². The number of rotatable bonds is 2. The highest BCUT2D eigenvalue weighted by atomic mass is 16.6. The Morgan fingerprint density at radius 1 is 1.30 bits per heavy atom. The van der Waals surface area contributed by atoms with Crippen molar-refractivity contribution in [2.75, 3.05) is 6.61 Å². The molecule has 3 atom stereocenters. The van der Waals surface area contributed by atoms with Crippen molar-refractivity contribution in [1.82, 2.24) is 0 Å². The fourth-order valence-corrected chi connectivity index (χ4v) is 3.97. The summed E-state index contributed by atoms with van der Waals surface area (Å²) in [5, 5.41) is 0. The lowest BCUT2D eigenvalue weighted by Gasteiger charge is -2.14. The van der Waals surface area contributed by atoms with Gasteiger partial charge >= 0.3 is 11.9 Å². The van der Waals surface area contributed by atoms with Crippen LogP contribution in [0.25, 0.3) is 0 Å². The number of allylic oxidation sites excluding steroid dienone is 2. The van der Waals surface area contributed by atoms with Crippen molar-refractivity contribution in [3.05, 3.63) is 34.4 Å². The summed E-state index contributed by atoms with van der Waals surface area (Å²) >= 11 is 0. The van der Waals surface area contributed by atoms with Gasteiger partial charge in [-0.1, -0.05) is 11.6 Å². The van der Waals surface area contributed by atoms with Gasteiger partial charge in [-0.05, 0) is 77.9 Å². The lowest BCUT2D eigenvalue weighted by Crippen LogP contribution is -2.14.